The Morgan fingerprint density at radius 1 is 1.40 bits per heavy atom. The van der Waals surface area contributed by atoms with Crippen molar-refractivity contribution in [2.75, 3.05) is 19.8 Å². The summed E-state index contributed by atoms with van der Waals surface area (Å²) < 4.78 is 5.31. The summed E-state index contributed by atoms with van der Waals surface area (Å²) in [4.78, 5) is 20.9. The fourth-order valence-electron chi connectivity index (χ4n) is 2.57. The first-order chi connectivity index (χ1) is 9.65. The second-order valence-electron chi connectivity index (χ2n) is 4.77. The monoisotopic (exact) mass is 295 g/mol. The molecule has 1 aromatic rings. The highest BCUT2D eigenvalue weighted by atomic mass is 35.5. The van der Waals surface area contributed by atoms with Gasteiger partial charge in [0.25, 0.3) is 0 Å². The van der Waals surface area contributed by atoms with Gasteiger partial charge in [0.05, 0.1) is 31.1 Å². The summed E-state index contributed by atoms with van der Waals surface area (Å²) in [6.45, 7) is 1.98. The Labute approximate surface area is 121 Å². The van der Waals surface area contributed by atoms with Crippen LogP contribution in [-0.4, -0.2) is 45.8 Å². The Morgan fingerprint density at radius 2 is 2.25 bits per heavy atom. The molecule has 0 spiro atoms. The Hall–Kier alpha value is -1.66. The van der Waals surface area contributed by atoms with Crippen LogP contribution in [0.25, 0.3) is 5.57 Å². The topological polar surface area (TPSA) is 75.5 Å². The lowest BCUT2D eigenvalue weighted by Crippen LogP contribution is -2.36. The van der Waals surface area contributed by atoms with Crippen LogP contribution in [0.2, 0.25) is 5.28 Å². The zero-order valence-corrected chi connectivity index (χ0v) is 11.6. The maximum atomic E-state index is 11.1. The Bertz CT molecular complexity index is 588. The minimum atomic E-state index is -0.933. The highest BCUT2D eigenvalue weighted by Gasteiger charge is 2.26. The summed E-state index contributed by atoms with van der Waals surface area (Å²) in [5.74, 6) is 0. The number of halogens is 1. The molecular formula is C13H14ClN3O3. The molecule has 0 unspecified atom stereocenters. The van der Waals surface area contributed by atoms with E-state index in [1.165, 1.54) is 4.90 Å². The molecule has 1 aromatic heterocycles. The second kappa shape index (κ2) is 5.38. The van der Waals surface area contributed by atoms with E-state index >= 15 is 0 Å². The van der Waals surface area contributed by atoms with Crippen LogP contribution in [0.5, 0.6) is 0 Å². The lowest BCUT2D eigenvalue weighted by molar-refractivity contribution is 0.139. The number of ether oxygens (including phenoxy) is 1. The highest BCUT2D eigenvalue weighted by Crippen LogP contribution is 2.29. The molecule has 0 atom stereocenters. The first-order valence-corrected chi connectivity index (χ1v) is 6.83. The van der Waals surface area contributed by atoms with Gasteiger partial charge in [-0.2, -0.15) is 0 Å². The molecule has 6 nitrogen and oxygen atoms in total. The molecule has 106 valence electrons. The normalized spacial score (nSPS) is 18.4. The molecule has 0 saturated heterocycles. The predicted octanol–water partition coefficient (Wildman–Crippen LogP) is 1.97. The molecule has 0 aromatic carbocycles. The van der Waals surface area contributed by atoms with Crippen molar-refractivity contribution in [2.45, 2.75) is 19.4 Å². The average Bonchev–Trinajstić information content (AvgIpc) is 2.46. The van der Waals surface area contributed by atoms with Gasteiger partial charge in [-0.1, -0.05) is 6.08 Å². The fraction of sp³-hybridized carbons (Fsp3) is 0.462. The largest absolute Gasteiger partial charge is 0.465 e. The summed E-state index contributed by atoms with van der Waals surface area (Å²) in [6, 6.07) is 0. The molecule has 0 radical (unpaired) electrons. The number of hydrogen-bond acceptors (Lipinski definition) is 4. The van der Waals surface area contributed by atoms with E-state index < -0.39 is 6.09 Å². The molecule has 20 heavy (non-hydrogen) atoms. The fourth-order valence-corrected chi connectivity index (χ4v) is 2.76. The molecule has 2 aliphatic rings. The van der Waals surface area contributed by atoms with E-state index in [9.17, 15) is 4.79 Å². The van der Waals surface area contributed by atoms with E-state index in [0.717, 1.165) is 23.3 Å². The molecule has 1 N–H and O–H groups in total. The third-order valence-electron chi connectivity index (χ3n) is 3.58. The first kappa shape index (κ1) is 13.3. The molecule has 0 fully saturated rings. The molecule has 3 heterocycles. The van der Waals surface area contributed by atoms with Gasteiger partial charge < -0.3 is 14.7 Å². The molecule has 0 saturated carbocycles. The van der Waals surface area contributed by atoms with Crippen LogP contribution >= 0.6 is 11.6 Å². The third-order valence-corrected chi connectivity index (χ3v) is 3.74. The number of carbonyl (C=O) groups is 1. The average molecular weight is 296 g/mol. The van der Waals surface area contributed by atoms with Crippen LogP contribution in [0.3, 0.4) is 0 Å². The zero-order chi connectivity index (χ0) is 14.1. The van der Waals surface area contributed by atoms with Gasteiger partial charge >= 0.3 is 6.09 Å². The van der Waals surface area contributed by atoms with Gasteiger partial charge in [0.15, 0.2) is 0 Å². The van der Waals surface area contributed by atoms with Gasteiger partial charge in [0.1, 0.15) is 0 Å². The van der Waals surface area contributed by atoms with E-state index in [1.54, 1.807) is 0 Å². The van der Waals surface area contributed by atoms with Crippen LogP contribution in [0.1, 0.15) is 23.4 Å². The van der Waals surface area contributed by atoms with Crippen molar-refractivity contribution in [2.24, 2.45) is 0 Å². The van der Waals surface area contributed by atoms with Crippen molar-refractivity contribution in [3.8, 4) is 0 Å². The number of nitrogens with zero attached hydrogens (tertiary/aromatic N) is 3. The summed E-state index contributed by atoms with van der Waals surface area (Å²) in [5.41, 5.74) is 3.69. The summed E-state index contributed by atoms with van der Waals surface area (Å²) >= 11 is 5.98. The second-order valence-corrected chi connectivity index (χ2v) is 5.11. The van der Waals surface area contributed by atoms with Gasteiger partial charge in [-0.15, -0.1) is 0 Å². The molecule has 1 amide bonds. The van der Waals surface area contributed by atoms with Gasteiger partial charge in [0, 0.05) is 12.1 Å². The lowest BCUT2D eigenvalue weighted by Gasteiger charge is -2.27. The number of amides is 1. The van der Waals surface area contributed by atoms with Gasteiger partial charge in [-0.3, -0.25) is 0 Å². The molecule has 0 bridgehead atoms. The van der Waals surface area contributed by atoms with Gasteiger partial charge in [0.2, 0.25) is 5.28 Å². The highest BCUT2D eigenvalue weighted by molar-refractivity contribution is 6.28. The molecule has 2 aliphatic heterocycles. The lowest BCUT2D eigenvalue weighted by atomic mass is 9.96. The maximum absolute atomic E-state index is 11.1. The standard InChI is InChI=1S/C13H14ClN3O3/c14-12-15-10-7-17(13(18)19)4-1-9(10)11(16-12)8-2-5-20-6-3-8/h2H,1,3-7H2,(H,18,19). The smallest absolute Gasteiger partial charge is 0.407 e. The zero-order valence-electron chi connectivity index (χ0n) is 10.8. The van der Waals surface area contributed by atoms with Crippen LogP contribution in [0.15, 0.2) is 6.08 Å². The third kappa shape index (κ3) is 2.48. The van der Waals surface area contributed by atoms with E-state index in [0.29, 0.717) is 31.9 Å². The first-order valence-electron chi connectivity index (χ1n) is 6.45. The Balaban J connectivity index is 2.01. The van der Waals surface area contributed by atoms with Crippen LogP contribution in [-0.2, 0) is 17.7 Å². The number of hydrogen-bond donors (Lipinski definition) is 1. The van der Waals surface area contributed by atoms with Crippen LogP contribution in [0, 0.1) is 0 Å². The molecule has 3 rings (SSSR count). The minimum Gasteiger partial charge on any atom is -0.465 e. The number of aromatic nitrogens is 2. The van der Waals surface area contributed by atoms with Crippen LogP contribution < -0.4 is 0 Å². The quantitative estimate of drug-likeness (QED) is 0.802. The van der Waals surface area contributed by atoms with Crippen molar-refractivity contribution in [3.63, 3.8) is 0 Å². The van der Waals surface area contributed by atoms with E-state index in [4.69, 9.17) is 21.4 Å². The predicted molar refractivity (Wildman–Crippen MR) is 72.6 cm³/mol. The Kier molecular flexibility index (Phi) is 3.58. The van der Waals surface area contributed by atoms with E-state index in [1.807, 2.05) is 6.08 Å². The number of fused-ring (bicyclic) bond motifs is 1. The Morgan fingerprint density at radius 3 is 2.95 bits per heavy atom. The van der Waals surface area contributed by atoms with Gasteiger partial charge in [-0.05, 0) is 30.0 Å². The van der Waals surface area contributed by atoms with Crippen LogP contribution in [0.4, 0.5) is 4.79 Å². The molecule has 0 aliphatic carbocycles. The molecular weight excluding hydrogens is 282 g/mol. The minimum absolute atomic E-state index is 0.165. The number of rotatable bonds is 1. The van der Waals surface area contributed by atoms with Crippen molar-refractivity contribution < 1.29 is 14.6 Å². The molecule has 7 heteroatoms. The number of carboxylic acid groups (broad SMARTS) is 1. The summed E-state index contributed by atoms with van der Waals surface area (Å²) in [7, 11) is 0. The SMILES string of the molecule is O=C(O)N1CCc2c(nc(Cl)nc2C2=CCOCC2)C1. The summed E-state index contributed by atoms with van der Waals surface area (Å²) in [6.07, 6.45) is 2.48. The van der Waals surface area contributed by atoms with Crippen molar-refractivity contribution in [3.05, 3.63) is 28.3 Å². The summed E-state index contributed by atoms with van der Waals surface area (Å²) in [5, 5.41) is 9.24. The maximum Gasteiger partial charge on any atom is 0.407 e. The van der Waals surface area contributed by atoms with Crippen molar-refractivity contribution in [1.82, 2.24) is 14.9 Å². The van der Waals surface area contributed by atoms with Gasteiger partial charge in [-0.25, -0.2) is 14.8 Å². The van der Waals surface area contributed by atoms with E-state index in [2.05, 4.69) is 9.97 Å². The van der Waals surface area contributed by atoms with E-state index in [-0.39, 0.29) is 11.8 Å². The van der Waals surface area contributed by atoms with Crippen molar-refractivity contribution >= 4 is 23.3 Å². The van der Waals surface area contributed by atoms with Crippen molar-refractivity contribution in [1.29, 1.82) is 0 Å².